The lowest BCUT2D eigenvalue weighted by molar-refractivity contribution is 0.0918. The van der Waals surface area contributed by atoms with E-state index in [1.54, 1.807) is 6.07 Å². The van der Waals surface area contributed by atoms with Crippen LogP contribution in [-0.4, -0.2) is 22.1 Å². The van der Waals surface area contributed by atoms with Gasteiger partial charge in [0.25, 0.3) is 5.91 Å². The van der Waals surface area contributed by atoms with E-state index in [1.807, 2.05) is 36.0 Å². The van der Waals surface area contributed by atoms with E-state index in [-0.39, 0.29) is 18.3 Å². The van der Waals surface area contributed by atoms with Gasteiger partial charge in [0.05, 0.1) is 6.10 Å². The van der Waals surface area contributed by atoms with Crippen LogP contribution >= 0.6 is 0 Å². The maximum Gasteiger partial charge on any atom is 0.252 e. The summed E-state index contributed by atoms with van der Waals surface area (Å²) in [6, 6.07) is 13.0. The number of nitrogens with one attached hydrogen (secondary N) is 1. The number of aliphatic hydroxyl groups is 1. The SMILES string of the molecule is Cn1ccc2c(C(=O)NCC(O)c3ccc(F)cc3)cccc21. The predicted molar refractivity (Wildman–Crippen MR) is 86.6 cm³/mol. The summed E-state index contributed by atoms with van der Waals surface area (Å²) in [6.45, 7) is 0.0632. The van der Waals surface area contributed by atoms with Gasteiger partial charge in [-0.3, -0.25) is 4.79 Å². The molecule has 118 valence electrons. The van der Waals surface area contributed by atoms with Crippen molar-refractivity contribution in [1.29, 1.82) is 0 Å². The molecule has 3 rings (SSSR count). The topological polar surface area (TPSA) is 54.3 Å². The van der Waals surface area contributed by atoms with Crippen LogP contribution in [-0.2, 0) is 7.05 Å². The maximum atomic E-state index is 12.9. The average molecular weight is 312 g/mol. The number of benzene rings is 2. The quantitative estimate of drug-likeness (QED) is 0.778. The summed E-state index contributed by atoms with van der Waals surface area (Å²) in [6.07, 6.45) is 1.02. The van der Waals surface area contributed by atoms with Crippen LogP contribution in [0.3, 0.4) is 0 Å². The standard InChI is InChI=1S/C18H17FN2O2/c1-21-10-9-14-15(3-2-4-16(14)21)18(23)20-11-17(22)12-5-7-13(19)8-6-12/h2-10,17,22H,11H2,1H3,(H,20,23). The van der Waals surface area contributed by atoms with Crippen molar-refractivity contribution in [3.8, 4) is 0 Å². The van der Waals surface area contributed by atoms with E-state index >= 15 is 0 Å². The molecule has 1 atom stereocenters. The Morgan fingerprint density at radius 1 is 1.22 bits per heavy atom. The van der Waals surface area contributed by atoms with Gasteiger partial charge >= 0.3 is 0 Å². The fourth-order valence-electron chi connectivity index (χ4n) is 2.59. The lowest BCUT2D eigenvalue weighted by Crippen LogP contribution is -2.28. The van der Waals surface area contributed by atoms with E-state index in [4.69, 9.17) is 0 Å². The summed E-state index contributed by atoms with van der Waals surface area (Å²) in [5, 5.41) is 13.7. The lowest BCUT2D eigenvalue weighted by atomic mass is 10.1. The van der Waals surface area contributed by atoms with Gasteiger partial charge in [-0.1, -0.05) is 18.2 Å². The van der Waals surface area contributed by atoms with Gasteiger partial charge in [0, 0.05) is 36.3 Å². The molecule has 23 heavy (non-hydrogen) atoms. The average Bonchev–Trinajstić information content (AvgIpc) is 2.94. The number of carbonyl (C=O) groups excluding carboxylic acids is 1. The molecule has 2 N–H and O–H groups in total. The van der Waals surface area contributed by atoms with Crippen molar-refractivity contribution >= 4 is 16.8 Å². The summed E-state index contributed by atoms with van der Waals surface area (Å²) in [4.78, 5) is 12.4. The predicted octanol–water partition coefficient (Wildman–Crippen LogP) is 2.78. The van der Waals surface area contributed by atoms with E-state index < -0.39 is 6.10 Å². The van der Waals surface area contributed by atoms with Crippen molar-refractivity contribution in [1.82, 2.24) is 9.88 Å². The number of aromatic nitrogens is 1. The minimum absolute atomic E-state index is 0.0632. The van der Waals surface area contributed by atoms with Crippen molar-refractivity contribution in [2.75, 3.05) is 6.54 Å². The van der Waals surface area contributed by atoms with Gasteiger partial charge in [0.2, 0.25) is 0 Å². The second-order valence-electron chi connectivity index (χ2n) is 5.44. The minimum Gasteiger partial charge on any atom is -0.387 e. The van der Waals surface area contributed by atoms with Gasteiger partial charge in [-0.05, 0) is 35.9 Å². The first-order chi connectivity index (χ1) is 11.1. The van der Waals surface area contributed by atoms with Crippen LogP contribution in [0.4, 0.5) is 4.39 Å². The number of nitrogens with zero attached hydrogens (tertiary/aromatic N) is 1. The summed E-state index contributed by atoms with van der Waals surface area (Å²) in [5.41, 5.74) is 2.09. The highest BCUT2D eigenvalue weighted by molar-refractivity contribution is 6.06. The van der Waals surface area contributed by atoms with Crippen molar-refractivity contribution in [2.45, 2.75) is 6.10 Å². The lowest BCUT2D eigenvalue weighted by Gasteiger charge is -2.13. The largest absolute Gasteiger partial charge is 0.387 e. The van der Waals surface area contributed by atoms with Crippen LogP contribution in [0.5, 0.6) is 0 Å². The molecule has 0 aliphatic heterocycles. The Kier molecular flexibility index (Phi) is 4.12. The van der Waals surface area contributed by atoms with Gasteiger partial charge in [-0.15, -0.1) is 0 Å². The van der Waals surface area contributed by atoms with Gasteiger partial charge < -0.3 is 15.0 Å². The third-order valence-corrected chi connectivity index (χ3v) is 3.88. The zero-order valence-electron chi connectivity index (χ0n) is 12.7. The number of carbonyl (C=O) groups is 1. The Bertz CT molecular complexity index is 840. The van der Waals surface area contributed by atoms with Crippen molar-refractivity contribution < 1.29 is 14.3 Å². The molecule has 0 aliphatic rings. The van der Waals surface area contributed by atoms with E-state index in [2.05, 4.69) is 5.32 Å². The normalized spacial score (nSPS) is 12.3. The van der Waals surface area contributed by atoms with Crippen LogP contribution in [0.25, 0.3) is 10.9 Å². The molecular weight excluding hydrogens is 295 g/mol. The van der Waals surface area contributed by atoms with Crippen LogP contribution < -0.4 is 5.32 Å². The molecule has 4 nitrogen and oxygen atoms in total. The molecule has 1 unspecified atom stereocenters. The van der Waals surface area contributed by atoms with E-state index in [0.717, 1.165) is 10.9 Å². The number of amides is 1. The number of aliphatic hydroxyl groups excluding tert-OH is 1. The third kappa shape index (κ3) is 3.10. The number of hydrogen-bond acceptors (Lipinski definition) is 2. The van der Waals surface area contributed by atoms with Crippen LogP contribution in [0.2, 0.25) is 0 Å². The third-order valence-electron chi connectivity index (χ3n) is 3.88. The molecule has 0 radical (unpaired) electrons. The molecule has 0 fully saturated rings. The Balaban J connectivity index is 1.72. The number of aryl methyl sites for hydroxylation is 1. The highest BCUT2D eigenvalue weighted by Crippen LogP contribution is 2.19. The Hall–Kier alpha value is -2.66. The summed E-state index contributed by atoms with van der Waals surface area (Å²) in [5.74, 6) is -0.608. The smallest absolute Gasteiger partial charge is 0.252 e. The molecule has 3 aromatic rings. The second-order valence-corrected chi connectivity index (χ2v) is 5.44. The van der Waals surface area contributed by atoms with Crippen LogP contribution in [0, 0.1) is 5.82 Å². The number of fused-ring (bicyclic) bond motifs is 1. The Morgan fingerprint density at radius 3 is 2.70 bits per heavy atom. The van der Waals surface area contributed by atoms with Gasteiger partial charge in [0.15, 0.2) is 0 Å². The van der Waals surface area contributed by atoms with Crippen molar-refractivity contribution in [3.63, 3.8) is 0 Å². The first-order valence-corrected chi connectivity index (χ1v) is 7.32. The number of hydrogen-bond donors (Lipinski definition) is 2. The first kappa shape index (κ1) is 15.2. The van der Waals surface area contributed by atoms with Crippen molar-refractivity contribution in [2.24, 2.45) is 7.05 Å². The van der Waals surface area contributed by atoms with Crippen LogP contribution in [0.1, 0.15) is 22.0 Å². The molecule has 0 saturated carbocycles. The fourth-order valence-corrected chi connectivity index (χ4v) is 2.59. The summed E-state index contributed by atoms with van der Waals surface area (Å²) in [7, 11) is 1.92. The molecule has 1 heterocycles. The maximum absolute atomic E-state index is 12.9. The highest BCUT2D eigenvalue weighted by atomic mass is 19.1. The monoisotopic (exact) mass is 312 g/mol. The molecule has 2 aromatic carbocycles. The summed E-state index contributed by atoms with van der Waals surface area (Å²) >= 11 is 0. The molecule has 1 aromatic heterocycles. The van der Waals surface area contributed by atoms with E-state index in [9.17, 15) is 14.3 Å². The number of halogens is 1. The zero-order chi connectivity index (χ0) is 16.4. The summed E-state index contributed by atoms with van der Waals surface area (Å²) < 4.78 is 14.8. The fraction of sp³-hybridized carbons (Fsp3) is 0.167. The Morgan fingerprint density at radius 2 is 1.96 bits per heavy atom. The zero-order valence-corrected chi connectivity index (χ0v) is 12.7. The molecule has 0 spiro atoms. The minimum atomic E-state index is -0.880. The van der Waals surface area contributed by atoms with Gasteiger partial charge in [-0.25, -0.2) is 4.39 Å². The molecule has 0 bridgehead atoms. The molecule has 0 saturated heterocycles. The van der Waals surface area contributed by atoms with Crippen LogP contribution in [0.15, 0.2) is 54.7 Å². The second kappa shape index (κ2) is 6.22. The molecular formula is C18H17FN2O2. The molecule has 5 heteroatoms. The Labute approximate surface area is 133 Å². The van der Waals surface area contributed by atoms with Gasteiger partial charge in [-0.2, -0.15) is 0 Å². The number of rotatable bonds is 4. The van der Waals surface area contributed by atoms with E-state index in [0.29, 0.717) is 11.1 Å². The highest BCUT2D eigenvalue weighted by Gasteiger charge is 2.14. The first-order valence-electron chi connectivity index (χ1n) is 7.32. The molecule has 1 amide bonds. The van der Waals surface area contributed by atoms with E-state index in [1.165, 1.54) is 24.3 Å². The molecule has 0 aliphatic carbocycles. The van der Waals surface area contributed by atoms with Crippen molar-refractivity contribution in [3.05, 3.63) is 71.7 Å². The van der Waals surface area contributed by atoms with Gasteiger partial charge in [0.1, 0.15) is 5.82 Å².